The fourth-order valence-corrected chi connectivity index (χ4v) is 3.25. The van der Waals surface area contributed by atoms with Crippen molar-refractivity contribution in [2.75, 3.05) is 20.1 Å². The number of carbonyl (C=O) groups is 1. The number of hydrogen-bond donors (Lipinski definition) is 2. The summed E-state index contributed by atoms with van der Waals surface area (Å²) in [6, 6.07) is 13.9. The minimum absolute atomic E-state index is 0.0303. The van der Waals surface area contributed by atoms with Gasteiger partial charge >= 0.3 is 6.36 Å². The van der Waals surface area contributed by atoms with Crippen LogP contribution in [-0.2, 0) is 24.3 Å². The van der Waals surface area contributed by atoms with Crippen LogP contribution < -0.4 is 15.4 Å². The number of fused-ring (bicyclic) bond motifs is 1. The number of carbonyl (C=O) groups excluding carboxylic acids is 1. The van der Waals surface area contributed by atoms with Crippen LogP contribution in [0.1, 0.15) is 16.7 Å². The molecule has 2 aromatic rings. The van der Waals surface area contributed by atoms with Crippen molar-refractivity contribution in [3.05, 3.63) is 65.2 Å². The first-order valence-electron chi connectivity index (χ1n) is 9.48. The van der Waals surface area contributed by atoms with Crippen LogP contribution in [0.5, 0.6) is 5.75 Å². The quantitative estimate of drug-likeness (QED) is 0.577. The molecule has 0 fully saturated rings. The van der Waals surface area contributed by atoms with Crippen molar-refractivity contribution in [3.63, 3.8) is 0 Å². The first-order chi connectivity index (χ1) is 14.4. The van der Waals surface area contributed by atoms with Gasteiger partial charge in [0.15, 0.2) is 5.96 Å². The molecule has 0 aliphatic carbocycles. The Hall–Kier alpha value is -3.23. The first kappa shape index (κ1) is 21.5. The van der Waals surface area contributed by atoms with Gasteiger partial charge in [0, 0.05) is 32.2 Å². The molecule has 1 amide bonds. The number of nitrogens with one attached hydrogen (secondary N) is 2. The van der Waals surface area contributed by atoms with Gasteiger partial charge in [0.1, 0.15) is 5.75 Å². The summed E-state index contributed by atoms with van der Waals surface area (Å²) in [5, 5.41) is 5.82. The van der Waals surface area contributed by atoms with Gasteiger partial charge in [-0.25, -0.2) is 0 Å². The topological polar surface area (TPSA) is 66.0 Å². The van der Waals surface area contributed by atoms with Gasteiger partial charge < -0.3 is 20.3 Å². The van der Waals surface area contributed by atoms with E-state index in [1.165, 1.54) is 30.8 Å². The molecule has 0 bridgehead atoms. The standard InChI is InChI=1S/C21H23F3N4O2/c1-25-20(26-12-16-7-4-5-9-18(16)30-21(22,23)24)27-13-19(29)28-11-10-15-6-2-3-8-17(15)14-28/h2-9H,10-14H2,1H3,(H2,25,26,27). The van der Waals surface area contributed by atoms with Crippen LogP contribution in [0.2, 0.25) is 0 Å². The Bertz CT molecular complexity index is 915. The normalized spacial score (nSPS) is 14.1. The predicted molar refractivity (Wildman–Crippen MR) is 107 cm³/mol. The molecule has 1 aliphatic rings. The van der Waals surface area contributed by atoms with Crippen molar-refractivity contribution < 1.29 is 22.7 Å². The van der Waals surface area contributed by atoms with Crippen LogP contribution in [0.25, 0.3) is 0 Å². The molecule has 0 radical (unpaired) electrons. The molecule has 2 aromatic carbocycles. The van der Waals surface area contributed by atoms with E-state index in [2.05, 4.69) is 26.4 Å². The number of para-hydroxylation sites is 1. The van der Waals surface area contributed by atoms with Gasteiger partial charge in [-0.05, 0) is 23.6 Å². The van der Waals surface area contributed by atoms with E-state index in [4.69, 9.17) is 0 Å². The van der Waals surface area contributed by atoms with Crippen LogP contribution in [0.15, 0.2) is 53.5 Å². The van der Waals surface area contributed by atoms with Gasteiger partial charge in [-0.3, -0.25) is 9.79 Å². The van der Waals surface area contributed by atoms with E-state index in [1.54, 1.807) is 11.0 Å². The second kappa shape index (κ2) is 9.51. The molecule has 2 N–H and O–H groups in total. The zero-order valence-corrected chi connectivity index (χ0v) is 16.5. The average molecular weight is 420 g/mol. The summed E-state index contributed by atoms with van der Waals surface area (Å²) in [7, 11) is 1.52. The summed E-state index contributed by atoms with van der Waals surface area (Å²) in [5.41, 5.74) is 2.71. The second-order valence-corrected chi connectivity index (χ2v) is 6.77. The van der Waals surface area contributed by atoms with Crippen molar-refractivity contribution in [1.82, 2.24) is 15.5 Å². The molecule has 3 rings (SSSR count). The maximum atomic E-state index is 12.5. The zero-order valence-electron chi connectivity index (χ0n) is 16.5. The van der Waals surface area contributed by atoms with Crippen LogP contribution >= 0.6 is 0 Å². The third-order valence-electron chi connectivity index (χ3n) is 4.76. The van der Waals surface area contributed by atoms with E-state index in [9.17, 15) is 18.0 Å². The second-order valence-electron chi connectivity index (χ2n) is 6.77. The molecule has 0 unspecified atom stereocenters. The zero-order chi connectivity index (χ0) is 21.6. The van der Waals surface area contributed by atoms with Crippen LogP contribution in [-0.4, -0.2) is 43.3 Å². The van der Waals surface area contributed by atoms with Crippen LogP contribution in [0.3, 0.4) is 0 Å². The highest BCUT2D eigenvalue weighted by molar-refractivity contribution is 5.86. The lowest BCUT2D eigenvalue weighted by molar-refractivity contribution is -0.274. The van der Waals surface area contributed by atoms with Gasteiger partial charge in [-0.15, -0.1) is 13.2 Å². The van der Waals surface area contributed by atoms with Gasteiger partial charge in [0.05, 0.1) is 6.54 Å². The Morgan fingerprint density at radius 3 is 2.53 bits per heavy atom. The van der Waals surface area contributed by atoms with E-state index in [1.807, 2.05) is 18.2 Å². The van der Waals surface area contributed by atoms with E-state index in [-0.39, 0.29) is 24.7 Å². The van der Waals surface area contributed by atoms with Crippen molar-refractivity contribution in [1.29, 1.82) is 0 Å². The van der Waals surface area contributed by atoms with E-state index in [0.29, 0.717) is 24.6 Å². The lowest BCUT2D eigenvalue weighted by Crippen LogP contribution is -2.45. The molecule has 160 valence electrons. The minimum Gasteiger partial charge on any atom is -0.405 e. The molecule has 30 heavy (non-hydrogen) atoms. The number of aliphatic imine (C=N–C) groups is 1. The highest BCUT2D eigenvalue weighted by atomic mass is 19.4. The molecule has 1 heterocycles. The molecule has 0 spiro atoms. The Morgan fingerprint density at radius 1 is 1.10 bits per heavy atom. The predicted octanol–water partition coefficient (Wildman–Crippen LogP) is 2.84. The van der Waals surface area contributed by atoms with E-state index < -0.39 is 6.36 Å². The van der Waals surface area contributed by atoms with Crippen molar-refractivity contribution in [3.8, 4) is 5.75 Å². The highest BCUT2D eigenvalue weighted by Crippen LogP contribution is 2.26. The molecule has 1 aliphatic heterocycles. The third-order valence-corrected chi connectivity index (χ3v) is 4.76. The van der Waals surface area contributed by atoms with Gasteiger partial charge in [0.25, 0.3) is 0 Å². The van der Waals surface area contributed by atoms with Gasteiger partial charge in [-0.1, -0.05) is 42.5 Å². The number of halogens is 3. The maximum absolute atomic E-state index is 12.5. The number of hydrogen-bond acceptors (Lipinski definition) is 3. The fraction of sp³-hybridized carbons (Fsp3) is 0.333. The van der Waals surface area contributed by atoms with Crippen molar-refractivity contribution in [2.45, 2.75) is 25.9 Å². The van der Waals surface area contributed by atoms with Gasteiger partial charge in [-0.2, -0.15) is 0 Å². The summed E-state index contributed by atoms with van der Waals surface area (Å²) in [6.07, 6.45) is -3.96. The fourth-order valence-electron chi connectivity index (χ4n) is 3.25. The maximum Gasteiger partial charge on any atom is 0.573 e. The molecule has 6 nitrogen and oxygen atoms in total. The van der Waals surface area contributed by atoms with Crippen molar-refractivity contribution >= 4 is 11.9 Å². The summed E-state index contributed by atoms with van der Waals surface area (Å²) < 4.78 is 41.7. The number of ether oxygens (including phenoxy) is 1. The molecule has 0 aromatic heterocycles. The number of alkyl halides is 3. The van der Waals surface area contributed by atoms with E-state index in [0.717, 1.165) is 12.0 Å². The number of benzene rings is 2. The van der Waals surface area contributed by atoms with Crippen LogP contribution in [0, 0.1) is 0 Å². The number of guanidine groups is 1. The smallest absolute Gasteiger partial charge is 0.405 e. The Balaban J connectivity index is 1.52. The average Bonchev–Trinajstić information content (AvgIpc) is 2.73. The Morgan fingerprint density at radius 2 is 1.80 bits per heavy atom. The van der Waals surface area contributed by atoms with Crippen LogP contribution in [0.4, 0.5) is 13.2 Å². The molecule has 0 atom stereocenters. The monoisotopic (exact) mass is 420 g/mol. The minimum atomic E-state index is -4.77. The van der Waals surface area contributed by atoms with Crippen molar-refractivity contribution in [2.24, 2.45) is 4.99 Å². The summed E-state index contributed by atoms with van der Waals surface area (Å²) in [5.74, 6) is -0.0492. The van der Waals surface area contributed by atoms with Gasteiger partial charge in [0.2, 0.25) is 5.91 Å². The summed E-state index contributed by atoms with van der Waals surface area (Å²) in [4.78, 5) is 18.3. The Labute approximate surface area is 172 Å². The summed E-state index contributed by atoms with van der Waals surface area (Å²) >= 11 is 0. The molecule has 9 heteroatoms. The molecular formula is C21H23F3N4O2. The number of rotatable bonds is 5. The third kappa shape index (κ3) is 5.88. The molecule has 0 saturated carbocycles. The largest absolute Gasteiger partial charge is 0.573 e. The number of amides is 1. The Kier molecular flexibility index (Phi) is 6.81. The SMILES string of the molecule is CN=C(NCC(=O)N1CCc2ccccc2C1)NCc1ccccc1OC(F)(F)F. The lowest BCUT2D eigenvalue weighted by Gasteiger charge is -2.29. The van der Waals surface area contributed by atoms with E-state index >= 15 is 0 Å². The summed E-state index contributed by atoms with van der Waals surface area (Å²) in [6.45, 7) is 1.29. The first-order valence-corrected chi connectivity index (χ1v) is 9.48. The highest BCUT2D eigenvalue weighted by Gasteiger charge is 2.32. The molecular weight excluding hydrogens is 397 g/mol. The molecule has 0 saturated heterocycles. The lowest BCUT2D eigenvalue weighted by atomic mass is 10.00. The number of nitrogens with zero attached hydrogens (tertiary/aromatic N) is 2.